The molecule has 0 bridgehead atoms. The van der Waals surface area contributed by atoms with E-state index in [9.17, 15) is 8.78 Å². The SMILES string of the molecule is CCc1nn(C)c(Nc2cccc(F)c2F)c1N. The summed E-state index contributed by atoms with van der Waals surface area (Å²) in [5.41, 5.74) is 7.09. The van der Waals surface area contributed by atoms with Crippen LogP contribution in [0.2, 0.25) is 0 Å². The van der Waals surface area contributed by atoms with Crippen molar-refractivity contribution < 1.29 is 8.78 Å². The molecule has 0 radical (unpaired) electrons. The molecule has 0 amide bonds. The maximum Gasteiger partial charge on any atom is 0.182 e. The van der Waals surface area contributed by atoms with Crippen molar-refractivity contribution in [3.8, 4) is 0 Å². The van der Waals surface area contributed by atoms with Gasteiger partial charge in [-0.1, -0.05) is 13.0 Å². The van der Waals surface area contributed by atoms with Crippen LogP contribution in [0.25, 0.3) is 0 Å². The van der Waals surface area contributed by atoms with E-state index >= 15 is 0 Å². The van der Waals surface area contributed by atoms with E-state index in [0.29, 0.717) is 17.9 Å². The molecule has 0 saturated carbocycles. The van der Waals surface area contributed by atoms with Crippen molar-refractivity contribution in [1.29, 1.82) is 0 Å². The van der Waals surface area contributed by atoms with E-state index in [1.54, 1.807) is 7.05 Å². The minimum Gasteiger partial charge on any atom is -0.394 e. The number of aryl methyl sites for hydroxylation is 2. The van der Waals surface area contributed by atoms with Gasteiger partial charge in [0.05, 0.1) is 17.1 Å². The molecule has 96 valence electrons. The molecule has 18 heavy (non-hydrogen) atoms. The van der Waals surface area contributed by atoms with Crippen molar-refractivity contribution >= 4 is 17.2 Å². The number of nitrogen functional groups attached to an aromatic ring is 1. The molecule has 0 atom stereocenters. The lowest BCUT2D eigenvalue weighted by Gasteiger charge is -2.08. The van der Waals surface area contributed by atoms with Gasteiger partial charge < -0.3 is 11.1 Å². The molecule has 0 saturated heterocycles. The Hall–Kier alpha value is -2.11. The minimum atomic E-state index is -0.934. The average molecular weight is 252 g/mol. The molecule has 0 aliphatic heterocycles. The highest BCUT2D eigenvalue weighted by atomic mass is 19.2. The van der Waals surface area contributed by atoms with Crippen molar-refractivity contribution in [2.75, 3.05) is 11.1 Å². The third kappa shape index (κ3) is 2.01. The zero-order valence-electron chi connectivity index (χ0n) is 10.2. The fourth-order valence-electron chi connectivity index (χ4n) is 1.73. The molecule has 4 nitrogen and oxygen atoms in total. The Morgan fingerprint density at radius 2 is 2.11 bits per heavy atom. The maximum atomic E-state index is 13.5. The molecule has 0 unspecified atom stereocenters. The second-order valence-corrected chi connectivity index (χ2v) is 3.91. The van der Waals surface area contributed by atoms with Crippen LogP contribution in [0.5, 0.6) is 0 Å². The first kappa shape index (κ1) is 12.3. The lowest BCUT2D eigenvalue weighted by molar-refractivity contribution is 0.511. The maximum absolute atomic E-state index is 13.5. The predicted molar refractivity (Wildman–Crippen MR) is 66.6 cm³/mol. The Labute approximate surface area is 103 Å². The van der Waals surface area contributed by atoms with Crippen LogP contribution in [-0.4, -0.2) is 9.78 Å². The van der Waals surface area contributed by atoms with Crippen molar-refractivity contribution in [2.45, 2.75) is 13.3 Å². The number of nitrogens with one attached hydrogen (secondary N) is 1. The van der Waals surface area contributed by atoms with Crippen molar-refractivity contribution in [3.05, 3.63) is 35.5 Å². The molecule has 2 rings (SSSR count). The largest absolute Gasteiger partial charge is 0.394 e. The highest BCUT2D eigenvalue weighted by molar-refractivity contribution is 5.71. The quantitative estimate of drug-likeness (QED) is 0.882. The summed E-state index contributed by atoms with van der Waals surface area (Å²) < 4.78 is 28.1. The van der Waals surface area contributed by atoms with Gasteiger partial charge in [0, 0.05) is 7.05 Å². The molecule has 2 aromatic rings. The van der Waals surface area contributed by atoms with Crippen LogP contribution in [0.4, 0.5) is 26.0 Å². The predicted octanol–water partition coefficient (Wildman–Crippen LogP) is 2.59. The van der Waals surface area contributed by atoms with Crippen LogP contribution < -0.4 is 11.1 Å². The Kier molecular flexibility index (Phi) is 3.18. The molecule has 1 heterocycles. The summed E-state index contributed by atoms with van der Waals surface area (Å²) in [6.45, 7) is 1.92. The van der Waals surface area contributed by atoms with E-state index in [2.05, 4.69) is 10.4 Å². The zero-order chi connectivity index (χ0) is 13.3. The van der Waals surface area contributed by atoms with Gasteiger partial charge in [-0.15, -0.1) is 0 Å². The van der Waals surface area contributed by atoms with E-state index in [1.807, 2.05) is 6.92 Å². The van der Waals surface area contributed by atoms with Gasteiger partial charge in [0.1, 0.15) is 0 Å². The van der Waals surface area contributed by atoms with Gasteiger partial charge in [0.25, 0.3) is 0 Å². The Morgan fingerprint density at radius 1 is 1.39 bits per heavy atom. The van der Waals surface area contributed by atoms with Crippen LogP contribution in [0.3, 0.4) is 0 Å². The molecule has 1 aromatic carbocycles. The smallest absolute Gasteiger partial charge is 0.182 e. The van der Waals surface area contributed by atoms with E-state index in [0.717, 1.165) is 11.8 Å². The average Bonchev–Trinajstić information content (AvgIpc) is 2.62. The van der Waals surface area contributed by atoms with E-state index in [1.165, 1.54) is 16.8 Å². The first-order chi connectivity index (χ1) is 8.54. The number of nitrogens with two attached hydrogens (primary N) is 1. The molecule has 0 fully saturated rings. The van der Waals surface area contributed by atoms with Crippen molar-refractivity contribution in [2.24, 2.45) is 7.05 Å². The van der Waals surface area contributed by atoms with Crippen molar-refractivity contribution in [1.82, 2.24) is 9.78 Å². The Morgan fingerprint density at radius 3 is 2.72 bits per heavy atom. The molecule has 3 N–H and O–H groups in total. The highest BCUT2D eigenvalue weighted by Crippen LogP contribution is 2.27. The molecule has 1 aromatic heterocycles. The van der Waals surface area contributed by atoms with E-state index in [-0.39, 0.29) is 5.69 Å². The molecule has 0 aliphatic carbocycles. The number of hydrogen-bond acceptors (Lipinski definition) is 3. The molecule has 6 heteroatoms. The monoisotopic (exact) mass is 252 g/mol. The lowest BCUT2D eigenvalue weighted by atomic mass is 10.2. The summed E-state index contributed by atoms with van der Waals surface area (Å²) in [6, 6.07) is 3.93. The number of benzene rings is 1. The number of rotatable bonds is 3. The summed E-state index contributed by atoms with van der Waals surface area (Å²) in [6.07, 6.45) is 0.674. The Bertz CT molecular complexity index is 578. The van der Waals surface area contributed by atoms with Crippen LogP contribution in [0, 0.1) is 11.6 Å². The molecular formula is C12H14F2N4. The number of hydrogen-bond donors (Lipinski definition) is 2. The van der Waals surface area contributed by atoms with Gasteiger partial charge in [0.15, 0.2) is 17.5 Å². The third-order valence-electron chi connectivity index (χ3n) is 2.70. The van der Waals surface area contributed by atoms with E-state index < -0.39 is 11.6 Å². The lowest BCUT2D eigenvalue weighted by Crippen LogP contribution is -2.03. The summed E-state index contributed by atoms with van der Waals surface area (Å²) in [4.78, 5) is 0. The summed E-state index contributed by atoms with van der Waals surface area (Å²) >= 11 is 0. The van der Waals surface area contributed by atoms with Gasteiger partial charge in [-0.25, -0.2) is 8.78 Å². The summed E-state index contributed by atoms with van der Waals surface area (Å²) in [5, 5.41) is 6.95. The fraction of sp³-hybridized carbons (Fsp3) is 0.250. The first-order valence-corrected chi connectivity index (χ1v) is 5.57. The number of nitrogens with zero attached hydrogens (tertiary/aromatic N) is 2. The fourth-order valence-corrected chi connectivity index (χ4v) is 1.73. The Balaban J connectivity index is 2.40. The first-order valence-electron chi connectivity index (χ1n) is 5.57. The molecule has 0 aliphatic rings. The topological polar surface area (TPSA) is 55.9 Å². The standard InChI is InChI=1S/C12H14F2N4/c1-3-8-11(15)12(18(2)17-8)16-9-6-4-5-7(13)10(9)14/h4-6,16H,3,15H2,1-2H3. The van der Waals surface area contributed by atoms with Gasteiger partial charge in [-0.2, -0.15) is 5.10 Å². The zero-order valence-corrected chi connectivity index (χ0v) is 10.2. The van der Waals surface area contributed by atoms with Crippen LogP contribution in [-0.2, 0) is 13.5 Å². The molecular weight excluding hydrogens is 238 g/mol. The van der Waals surface area contributed by atoms with Gasteiger partial charge in [-0.3, -0.25) is 4.68 Å². The van der Waals surface area contributed by atoms with Gasteiger partial charge >= 0.3 is 0 Å². The highest BCUT2D eigenvalue weighted by Gasteiger charge is 2.14. The summed E-state index contributed by atoms with van der Waals surface area (Å²) in [5.74, 6) is -1.39. The third-order valence-corrected chi connectivity index (χ3v) is 2.70. The summed E-state index contributed by atoms with van der Waals surface area (Å²) in [7, 11) is 1.69. The minimum absolute atomic E-state index is 0.0346. The second-order valence-electron chi connectivity index (χ2n) is 3.91. The number of anilines is 3. The number of halogens is 2. The number of aromatic nitrogens is 2. The van der Waals surface area contributed by atoms with Crippen molar-refractivity contribution in [3.63, 3.8) is 0 Å². The van der Waals surface area contributed by atoms with Crippen LogP contribution in [0.1, 0.15) is 12.6 Å². The van der Waals surface area contributed by atoms with Crippen LogP contribution >= 0.6 is 0 Å². The van der Waals surface area contributed by atoms with E-state index in [4.69, 9.17) is 5.73 Å². The molecule has 0 spiro atoms. The normalized spacial score (nSPS) is 10.7. The second kappa shape index (κ2) is 4.64. The van der Waals surface area contributed by atoms with Gasteiger partial charge in [0.2, 0.25) is 0 Å². The van der Waals surface area contributed by atoms with Crippen LogP contribution in [0.15, 0.2) is 18.2 Å². The van der Waals surface area contributed by atoms with Gasteiger partial charge in [-0.05, 0) is 18.6 Å².